The molecule has 0 atom stereocenters. The SMILES string of the molecule is C=C/C=c1/oc(=O)c2cc(NC(C)(C)CC(C)=O)ccc2/c1=C/C. The minimum absolute atomic E-state index is 0.111. The third kappa shape index (κ3) is 3.82. The lowest BCUT2D eigenvalue weighted by Gasteiger charge is -2.26. The lowest BCUT2D eigenvalue weighted by atomic mass is 9.97. The summed E-state index contributed by atoms with van der Waals surface area (Å²) in [6.45, 7) is 11.0. The second-order valence-corrected chi connectivity index (χ2v) is 6.51. The van der Waals surface area contributed by atoms with Crippen molar-refractivity contribution in [1.29, 1.82) is 0 Å². The van der Waals surface area contributed by atoms with Crippen LogP contribution < -0.4 is 21.6 Å². The predicted molar refractivity (Wildman–Crippen MR) is 99.5 cm³/mol. The molecular formula is C20H23NO3. The van der Waals surface area contributed by atoms with Gasteiger partial charge in [-0.3, -0.25) is 4.79 Å². The van der Waals surface area contributed by atoms with Crippen LogP contribution in [0.15, 0.2) is 40.1 Å². The average Bonchev–Trinajstić information content (AvgIpc) is 2.46. The van der Waals surface area contributed by atoms with Crippen LogP contribution in [0.4, 0.5) is 5.69 Å². The van der Waals surface area contributed by atoms with Gasteiger partial charge >= 0.3 is 5.63 Å². The summed E-state index contributed by atoms with van der Waals surface area (Å²) >= 11 is 0. The van der Waals surface area contributed by atoms with Gasteiger partial charge in [-0.15, -0.1) is 0 Å². The normalized spacial score (nSPS) is 13.3. The van der Waals surface area contributed by atoms with Gasteiger partial charge in [-0.1, -0.05) is 24.8 Å². The zero-order valence-electron chi connectivity index (χ0n) is 14.6. The van der Waals surface area contributed by atoms with Crippen molar-refractivity contribution in [2.75, 3.05) is 5.32 Å². The van der Waals surface area contributed by atoms with Crippen molar-refractivity contribution >= 4 is 34.4 Å². The van der Waals surface area contributed by atoms with Gasteiger partial charge in [0.2, 0.25) is 0 Å². The molecule has 0 aliphatic rings. The van der Waals surface area contributed by atoms with Crippen LogP contribution in [0.2, 0.25) is 0 Å². The molecule has 0 amide bonds. The van der Waals surface area contributed by atoms with Crippen molar-refractivity contribution in [3.8, 4) is 0 Å². The van der Waals surface area contributed by atoms with Gasteiger partial charge in [0.15, 0.2) is 0 Å². The van der Waals surface area contributed by atoms with E-state index in [4.69, 9.17) is 4.42 Å². The molecule has 0 aliphatic heterocycles. The molecule has 126 valence electrons. The first kappa shape index (κ1) is 17.7. The molecule has 0 saturated carbocycles. The Bertz CT molecular complexity index is 965. The molecule has 2 rings (SSSR count). The molecule has 0 fully saturated rings. The van der Waals surface area contributed by atoms with Gasteiger partial charge in [-0.25, -0.2) is 4.79 Å². The Morgan fingerprint density at radius 2 is 2.04 bits per heavy atom. The second kappa shape index (κ2) is 6.87. The van der Waals surface area contributed by atoms with Crippen LogP contribution in [0.25, 0.3) is 22.9 Å². The van der Waals surface area contributed by atoms with Gasteiger partial charge in [0.25, 0.3) is 0 Å². The number of carbonyl (C=O) groups is 1. The molecule has 0 bridgehead atoms. The molecule has 0 saturated heterocycles. The summed E-state index contributed by atoms with van der Waals surface area (Å²) in [6, 6.07) is 5.58. The average molecular weight is 325 g/mol. The third-order valence-corrected chi connectivity index (χ3v) is 3.73. The molecule has 1 heterocycles. The maximum atomic E-state index is 12.3. The molecule has 0 spiro atoms. The highest BCUT2D eigenvalue weighted by atomic mass is 16.4. The summed E-state index contributed by atoms with van der Waals surface area (Å²) in [7, 11) is 0. The molecule has 4 heteroatoms. The smallest absolute Gasteiger partial charge is 0.344 e. The number of Topliss-reactive ketones (excluding diaryl/α,β-unsaturated/α-hetero) is 1. The number of benzene rings is 1. The Balaban J connectivity index is 2.61. The van der Waals surface area contributed by atoms with Crippen LogP contribution in [-0.2, 0) is 4.79 Å². The first-order valence-corrected chi connectivity index (χ1v) is 7.91. The number of ketones is 1. The zero-order chi connectivity index (χ0) is 17.9. The highest BCUT2D eigenvalue weighted by Gasteiger charge is 2.20. The quantitative estimate of drug-likeness (QED) is 0.918. The number of hydrogen-bond donors (Lipinski definition) is 1. The van der Waals surface area contributed by atoms with Crippen molar-refractivity contribution in [1.82, 2.24) is 0 Å². The molecule has 0 unspecified atom stereocenters. The van der Waals surface area contributed by atoms with Crippen molar-refractivity contribution in [3.05, 3.63) is 51.9 Å². The van der Waals surface area contributed by atoms with Crippen molar-refractivity contribution in [2.24, 2.45) is 0 Å². The van der Waals surface area contributed by atoms with Gasteiger partial charge in [0.1, 0.15) is 11.2 Å². The van der Waals surface area contributed by atoms with E-state index in [0.29, 0.717) is 17.2 Å². The first-order valence-electron chi connectivity index (χ1n) is 7.91. The van der Waals surface area contributed by atoms with Crippen molar-refractivity contribution < 1.29 is 9.21 Å². The van der Waals surface area contributed by atoms with E-state index >= 15 is 0 Å². The Kier molecular flexibility index (Phi) is 5.07. The molecule has 1 aromatic carbocycles. The van der Waals surface area contributed by atoms with Crippen LogP contribution in [0.5, 0.6) is 0 Å². The monoisotopic (exact) mass is 325 g/mol. The van der Waals surface area contributed by atoms with E-state index in [9.17, 15) is 9.59 Å². The molecule has 0 radical (unpaired) electrons. The van der Waals surface area contributed by atoms with E-state index in [1.807, 2.05) is 39.0 Å². The predicted octanol–water partition coefficient (Wildman–Crippen LogP) is 2.73. The standard InChI is InChI=1S/C20H23NO3/c1-6-8-18-15(7-2)16-10-9-14(11-17(16)19(23)24-18)21-20(4,5)12-13(3)22/h6-11,21H,1,12H2,2-5H3/b15-7-,18-8+. The van der Waals surface area contributed by atoms with Crippen LogP contribution in [-0.4, -0.2) is 11.3 Å². The number of carbonyl (C=O) groups excluding carboxylic acids is 1. The Hall–Kier alpha value is -2.62. The lowest BCUT2D eigenvalue weighted by molar-refractivity contribution is -0.117. The third-order valence-electron chi connectivity index (χ3n) is 3.73. The molecule has 1 aromatic heterocycles. The van der Waals surface area contributed by atoms with Gasteiger partial charge < -0.3 is 9.73 Å². The molecule has 4 nitrogen and oxygen atoms in total. The van der Waals surface area contributed by atoms with Crippen molar-refractivity contribution in [3.63, 3.8) is 0 Å². The van der Waals surface area contributed by atoms with Crippen LogP contribution in [0.3, 0.4) is 0 Å². The van der Waals surface area contributed by atoms with E-state index in [0.717, 1.165) is 16.3 Å². The summed E-state index contributed by atoms with van der Waals surface area (Å²) in [4.78, 5) is 23.7. The van der Waals surface area contributed by atoms with Crippen molar-refractivity contribution in [2.45, 2.75) is 39.7 Å². The van der Waals surface area contributed by atoms with E-state index < -0.39 is 11.2 Å². The van der Waals surface area contributed by atoms with Crippen LogP contribution in [0, 0.1) is 0 Å². The Labute approximate surface area is 141 Å². The maximum absolute atomic E-state index is 12.3. The van der Waals surface area contributed by atoms with Gasteiger partial charge in [-0.05, 0) is 51.3 Å². The van der Waals surface area contributed by atoms with Crippen LogP contribution in [0.1, 0.15) is 34.1 Å². The number of rotatable bonds is 5. The molecule has 0 aliphatic carbocycles. The van der Waals surface area contributed by atoms with E-state index in [1.165, 1.54) is 0 Å². The fourth-order valence-corrected chi connectivity index (χ4v) is 2.95. The maximum Gasteiger partial charge on any atom is 0.344 e. The zero-order valence-corrected chi connectivity index (χ0v) is 14.6. The minimum Gasteiger partial charge on any atom is -0.422 e. The topological polar surface area (TPSA) is 59.3 Å². The Morgan fingerprint density at radius 3 is 2.62 bits per heavy atom. The fraction of sp³-hybridized carbons (Fsp3) is 0.300. The second-order valence-electron chi connectivity index (χ2n) is 6.51. The van der Waals surface area contributed by atoms with Gasteiger partial charge in [0.05, 0.1) is 5.39 Å². The molecule has 1 N–H and O–H groups in total. The Morgan fingerprint density at radius 1 is 1.33 bits per heavy atom. The number of allylic oxidation sites excluding steroid dienone is 1. The fourth-order valence-electron chi connectivity index (χ4n) is 2.95. The summed E-state index contributed by atoms with van der Waals surface area (Å²) in [5.74, 6) is 0.111. The van der Waals surface area contributed by atoms with E-state index in [2.05, 4.69) is 11.9 Å². The summed E-state index contributed by atoms with van der Waals surface area (Å²) in [6.07, 6.45) is 5.59. The first-order chi connectivity index (χ1) is 11.3. The summed E-state index contributed by atoms with van der Waals surface area (Å²) in [5, 5.41) is 5.51. The summed E-state index contributed by atoms with van der Waals surface area (Å²) in [5.41, 5.74) is 0.499. The highest BCUT2D eigenvalue weighted by molar-refractivity contribution is 5.86. The van der Waals surface area contributed by atoms with Crippen LogP contribution >= 0.6 is 0 Å². The number of hydrogen-bond acceptors (Lipinski definition) is 4. The minimum atomic E-state index is -0.393. The van der Waals surface area contributed by atoms with Gasteiger partial charge in [-0.2, -0.15) is 0 Å². The lowest BCUT2D eigenvalue weighted by Crippen LogP contribution is -2.33. The highest BCUT2D eigenvalue weighted by Crippen LogP contribution is 2.20. The number of nitrogens with one attached hydrogen (secondary N) is 1. The van der Waals surface area contributed by atoms with Gasteiger partial charge in [0, 0.05) is 22.9 Å². The largest absolute Gasteiger partial charge is 0.422 e. The number of fused-ring (bicyclic) bond motifs is 1. The molecular weight excluding hydrogens is 302 g/mol. The summed E-state index contributed by atoms with van der Waals surface area (Å²) < 4.78 is 5.41. The molecule has 24 heavy (non-hydrogen) atoms. The molecule has 2 aromatic rings. The van der Waals surface area contributed by atoms with E-state index in [1.54, 1.807) is 25.1 Å². The van der Waals surface area contributed by atoms with E-state index in [-0.39, 0.29) is 5.78 Å². The number of anilines is 1.